The molecule has 0 radical (unpaired) electrons. The first-order valence-electron chi connectivity index (χ1n) is 4.39. The third-order valence-electron chi connectivity index (χ3n) is 2.11. The van der Waals surface area contributed by atoms with Gasteiger partial charge in [-0.15, -0.1) is 0 Å². The van der Waals surface area contributed by atoms with Crippen LogP contribution in [0.2, 0.25) is 0 Å². The summed E-state index contributed by atoms with van der Waals surface area (Å²) < 4.78 is 0. The van der Waals surface area contributed by atoms with Crippen LogP contribution in [0.4, 0.5) is 0 Å². The molecule has 0 unspecified atom stereocenters. The summed E-state index contributed by atoms with van der Waals surface area (Å²) in [5.41, 5.74) is 3.15. The van der Waals surface area contributed by atoms with E-state index in [1.807, 2.05) is 39.0 Å². The molecule has 0 spiro atoms. The second kappa shape index (κ2) is 4.04. The van der Waals surface area contributed by atoms with E-state index in [4.69, 9.17) is 0 Å². The number of hydrogen-bond donors (Lipinski definition) is 0. The fraction of sp³-hybridized carbons (Fsp3) is 0.250. The third-order valence-corrected chi connectivity index (χ3v) is 2.11. The molecule has 0 saturated carbocycles. The zero-order valence-corrected chi connectivity index (χ0v) is 8.29. The highest BCUT2D eigenvalue weighted by Gasteiger charge is 2.01. The van der Waals surface area contributed by atoms with Gasteiger partial charge in [-0.1, -0.05) is 18.2 Å². The summed E-state index contributed by atoms with van der Waals surface area (Å²) in [6, 6.07) is 5.77. The van der Waals surface area contributed by atoms with E-state index in [2.05, 4.69) is 0 Å². The Labute approximate surface area is 79.1 Å². The Morgan fingerprint density at radius 3 is 2.46 bits per heavy atom. The van der Waals surface area contributed by atoms with E-state index >= 15 is 0 Å². The van der Waals surface area contributed by atoms with Gasteiger partial charge in [0.15, 0.2) is 5.78 Å². The normalized spacial score (nSPS) is 10.7. The second-order valence-corrected chi connectivity index (χ2v) is 3.16. The lowest BCUT2D eigenvalue weighted by atomic mass is 10.0. The van der Waals surface area contributed by atoms with Crippen molar-refractivity contribution in [2.24, 2.45) is 0 Å². The first-order valence-corrected chi connectivity index (χ1v) is 4.39. The van der Waals surface area contributed by atoms with Gasteiger partial charge in [0.1, 0.15) is 0 Å². The molecule has 1 nitrogen and oxygen atoms in total. The van der Waals surface area contributed by atoms with E-state index in [-0.39, 0.29) is 5.78 Å². The molecule has 0 heterocycles. The topological polar surface area (TPSA) is 17.1 Å². The van der Waals surface area contributed by atoms with Crippen molar-refractivity contribution < 1.29 is 4.79 Å². The predicted molar refractivity (Wildman–Crippen MR) is 55.1 cm³/mol. The van der Waals surface area contributed by atoms with E-state index in [1.54, 1.807) is 12.2 Å². The van der Waals surface area contributed by atoms with Crippen molar-refractivity contribution >= 4 is 5.78 Å². The molecule has 0 aliphatic rings. The molecule has 1 rings (SSSR count). The van der Waals surface area contributed by atoms with Crippen LogP contribution in [0.3, 0.4) is 0 Å². The quantitative estimate of drug-likeness (QED) is 0.497. The number of carbonyl (C=O) groups excluding carboxylic acids is 1. The van der Waals surface area contributed by atoms with Crippen LogP contribution in [0, 0.1) is 13.8 Å². The Morgan fingerprint density at radius 1 is 1.23 bits per heavy atom. The van der Waals surface area contributed by atoms with Crippen molar-refractivity contribution in [2.45, 2.75) is 20.8 Å². The molecule has 1 aromatic carbocycles. The van der Waals surface area contributed by atoms with Gasteiger partial charge in [-0.05, 0) is 44.0 Å². The minimum atomic E-state index is 0.0746. The molecular weight excluding hydrogens is 160 g/mol. The van der Waals surface area contributed by atoms with Crippen LogP contribution in [0.5, 0.6) is 0 Å². The molecule has 0 bridgehead atoms. The first kappa shape index (κ1) is 9.72. The van der Waals surface area contributed by atoms with Gasteiger partial charge in [0, 0.05) is 5.56 Å². The van der Waals surface area contributed by atoms with Gasteiger partial charge in [-0.25, -0.2) is 0 Å². The molecule has 0 amide bonds. The number of benzene rings is 1. The van der Waals surface area contributed by atoms with Crippen molar-refractivity contribution in [3.63, 3.8) is 0 Å². The number of aryl methyl sites for hydroxylation is 2. The number of rotatable bonds is 2. The summed E-state index contributed by atoms with van der Waals surface area (Å²) >= 11 is 0. The predicted octanol–water partition coefficient (Wildman–Crippen LogP) is 3.06. The minimum absolute atomic E-state index is 0.0746. The Balaban J connectivity index is 3.04. The van der Waals surface area contributed by atoms with Crippen LogP contribution < -0.4 is 0 Å². The maximum absolute atomic E-state index is 11.4. The zero-order valence-electron chi connectivity index (χ0n) is 8.29. The van der Waals surface area contributed by atoms with Gasteiger partial charge in [0.2, 0.25) is 0 Å². The fourth-order valence-electron chi connectivity index (χ4n) is 1.14. The van der Waals surface area contributed by atoms with Crippen molar-refractivity contribution in [2.75, 3.05) is 0 Å². The minimum Gasteiger partial charge on any atom is -0.289 e. The molecule has 1 heteroatoms. The van der Waals surface area contributed by atoms with Crippen LogP contribution in [0.25, 0.3) is 0 Å². The molecule has 0 saturated heterocycles. The first-order chi connectivity index (χ1) is 6.15. The Bertz CT molecular complexity index is 348. The summed E-state index contributed by atoms with van der Waals surface area (Å²) in [6.45, 7) is 5.90. The summed E-state index contributed by atoms with van der Waals surface area (Å²) in [6.07, 6.45) is 3.35. The Hall–Kier alpha value is -1.37. The molecule has 0 aliphatic carbocycles. The highest BCUT2D eigenvalue weighted by atomic mass is 16.1. The number of hydrogen-bond acceptors (Lipinski definition) is 1. The smallest absolute Gasteiger partial charge is 0.185 e. The van der Waals surface area contributed by atoms with E-state index in [0.29, 0.717) is 0 Å². The van der Waals surface area contributed by atoms with Gasteiger partial charge in [-0.2, -0.15) is 0 Å². The monoisotopic (exact) mass is 174 g/mol. The Kier molecular flexibility index (Phi) is 3.02. The Morgan fingerprint density at radius 2 is 1.92 bits per heavy atom. The van der Waals surface area contributed by atoms with Crippen LogP contribution in [0.1, 0.15) is 28.4 Å². The molecule has 0 aromatic heterocycles. The lowest BCUT2D eigenvalue weighted by Crippen LogP contribution is -1.95. The fourth-order valence-corrected chi connectivity index (χ4v) is 1.14. The summed E-state index contributed by atoms with van der Waals surface area (Å²) in [5.74, 6) is 0.0746. The molecule has 0 N–H and O–H groups in total. The van der Waals surface area contributed by atoms with Crippen molar-refractivity contribution in [3.05, 3.63) is 47.0 Å². The van der Waals surface area contributed by atoms with Crippen molar-refractivity contribution in [3.8, 4) is 0 Å². The van der Waals surface area contributed by atoms with E-state index in [0.717, 1.165) is 11.1 Å². The van der Waals surface area contributed by atoms with Crippen molar-refractivity contribution in [1.29, 1.82) is 0 Å². The highest BCUT2D eigenvalue weighted by molar-refractivity contribution is 6.04. The molecule has 0 fully saturated rings. The lowest BCUT2D eigenvalue weighted by molar-refractivity contribution is 0.104. The van der Waals surface area contributed by atoms with E-state index < -0.39 is 0 Å². The van der Waals surface area contributed by atoms with E-state index in [1.165, 1.54) is 5.56 Å². The molecule has 13 heavy (non-hydrogen) atoms. The summed E-state index contributed by atoms with van der Waals surface area (Å²) in [7, 11) is 0. The maximum Gasteiger partial charge on any atom is 0.185 e. The largest absolute Gasteiger partial charge is 0.289 e. The van der Waals surface area contributed by atoms with Gasteiger partial charge in [-0.3, -0.25) is 4.79 Å². The number of ketones is 1. The van der Waals surface area contributed by atoms with Crippen LogP contribution in [-0.4, -0.2) is 5.78 Å². The van der Waals surface area contributed by atoms with Crippen LogP contribution >= 0.6 is 0 Å². The van der Waals surface area contributed by atoms with Gasteiger partial charge < -0.3 is 0 Å². The maximum atomic E-state index is 11.4. The van der Waals surface area contributed by atoms with Gasteiger partial charge in [0.25, 0.3) is 0 Å². The molecule has 0 atom stereocenters. The standard InChI is InChI=1S/C12H14O/c1-4-5-12(13)11-7-6-9(2)10(3)8-11/h4-8H,1-3H3. The van der Waals surface area contributed by atoms with Crippen molar-refractivity contribution in [1.82, 2.24) is 0 Å². The zero-order chi connectivity index (χ0) is 9.84. The third kappa shape index (κ3) is 2.28. The highest BCUT2D eigenvalue weighted by Crippen LogP contribution is 2.10. The molecule has 0 aliphatic heterocycles. The summed E-state index contributed by atoms with van der Waals surface area (Å²) in [5, 5.41) is 0. The SMILES string of the molecule is CC=CC(=O)c1ccc(C)c(C)c1. The van der Waals surface area contributed by atoms with E-state index in [9.17, 15) is 4.79 Å². The van der Waals surface area contributed by atoms with Crippen LogP contribution in [-0.2, 0) is 0 Å². The summed E-state index contributed by atoms with van der Waals surface area (Å²) in [4.78, 5) is 11.4. The van der Waals surface area contributed by atoms with Crippen LogP contribution in [0.15, 0.2) is 30.4 Å². The average molecular weight is 174 g/mol. The number of allylic oxidation sites excluding steroid dienone is 2. The van der Waals surface area contributed by atoms with Gasteiger partial charge >= 0.3 is 0 Å². The van der Waals surface area contributed by atoms with Gasteiger partial charge in [0.05, 0.1) is 0 Å². The average Bonchev–Trinajstić information content (AvgIpc) is 2.10. The lowest BCUT2D eigenvalue weighted by Gasteiger charge is -2.01. The number of carbonyl (C=O) groups is 1. The molecule has 1 aromatic rings. The molecular formula is C12H14O. The molecule has 68 valence electrons. The second-order valence-electron chi connectivity index (χ2n) is 3.16.